The Morgan fingerprint density at radius 2 is 1.59 bits per heavy atom. The van der Waals surface area contributed by atoms with E-state index in [-0.39, 0.29) is 18.3 Å². The second-order valence-electron chi connectivity index (χ2n) is 6.02. The molecule has 27 heavy (non-hydrogen) atoms. The maximum atomic E-state index is 12.4. The van der Waals surface area contributed by atoms with Crippen molar-refractivity contribution in [3.05, 3.63) is 94.5 Å². The Morgan fingerprint density at radius 3 is 2.30 bits per heavy atom. The molecule has 3 aromatic rings. The van der Waals surface area contributed by atoms with Crippen molar-refractivity contribution in [1.29, 1.82) is 0 Å². The predicted molar refractivity (Wildman–Crippen MR) is 107 cm³/mol. The predicted octanol–water partition coefficient (Wildman–Crippen LogP) is 4.90. The first-order chi connectivity index (χ1) is 13.0. The summed E-state index contributed by atoms with van der Waals surface area (Å²) in [5.74, 6) is 0.165. The van der Waals surface area contributed by atoms with Gasteiger partial charge in [0.1, 0.15) is 5.75 Å². The fourth-order valence-corrected chi connectivity index (χ4v) is 2.69. The van der Waals surface area contributed by atoms with Crippen LogP contribution in [0.5, 0.6) is 5.75 Å². The maximum absolute atomic E-state index is 12.4. The molecule has 5 heteroatoms. The first kappa shape index (κ1) is 18.7. The molecule has 0 aromatic heterocycles. The zero-order valence-corrected chi connectivity index (χ0v) is 15.5. The van der Waals surface area contributed by atoms with Crippen molar-refractivity contribution in [3.63, 3.8) is 0 Å². The minimum atomic E-state index is -0.287. The summed E-state index contributed by atoms with van der Waals surface area (Å²) in [6, 6.07) is 21.1. The van der Waals surface area contributed by atoms with E-state index in [9.17, 15) is 9.59 Å². The highest BCUT2D eigenvalue weighted by molar-refractivity contribution is 6.31. The minimum Gasteiger partial charge on any atom is -0.484 e. The van der Waals surface area contributed by atoms with Crippen LogP contribution in [0.2, 0.25) is 5.02 Å². The molecule has 0 aliphatic rings. The molecule has 0 atom stereocenters. The number of anilines is 1. The number of aryl methyl sites for hydroxylation is 1. The zero-order valence-electron chi connectivity index (χ0n) is 14.7. The van der Waals surface area contributed by atoms with E-state index in [2.05, 4.69) is 5.32 Å². The summed E-state index contributed by atoms with van der Waals surface area (Å²) < 4.78 is 5.49. The van der Waals surface area contributed by atoms with Gasteiger partial charge in [0.05, 0.1) is 0 Å². The molecule has 0 bridgehead atoms. The van der Waals surface area contributed by atoms with Crippen molar-refractivity contribution in [2.75, 3.05) is 11.9 Å². The van der Waals surface area contributed by atoms with Crippen LogP contribution in [-0.2, 0) is 4.79 Å². The Bertz CT molecular complexity index is 953. The molecule has 136 valence electrons. The van der Waals surface area contributed by atoms with Gasteiger partial charge in [0.2, 0.25) is 0 Å². The van der Waals surface area contributed by atoms with Crippen LogP contribution < -0.4 is 10.1 Å². The van der Waals surface area contributed by atoms with E-state index >= 15 is 0 Å². The third-order valence-electron chi connectivity index (χ3n) is 4.00. The lowest BCUT2D eigenvalue weighted by Gasteiger charge is -2.10. The third kappa shape index (κ3) is 4.96. The molecule has 0 aliphatic carbocycles. The summed E-state index contributed by atoms with van der Waals surface area (Å²) >= 11 is 5.95. The van der Waals surface area contributed by atoms with Crippen LogP contribution in [0.15, 0.2) is 72.8 Å². The molecule has 0 heterocycles. The second kappa shape index (κ2) is 8.52. The van der Waals surface area contributed by atoms with E-state index in [0.717, 1.165) is 5.56 Å². The van der Waals surface area contributed by atoms with E-state index in [0.29, 0.717) is 27.6 Å². The summed E-state index contributed by atoms with van der Waals surface area (Å²) in [7, 11) is 0. The number of carbonyl (C=O) groups excluding carboxylic acids is 2. The molecule has 3 rings (SSSR count). The molecule has 0 saturated carbocycles. The van der Waals surface area contributed by atoms with Gasteiger partial charge in [0, 0.05) is 21.8 Å². The Kier molecular flexibility index (Phi) is 5.89. The van der Waals surface area contributed by atoms with E-state index < -0.39 is 0 Å². The van der Waals surface area contributed by atoms with Gasteiger partial charge in [-0.2, -0.15) is 0 Å². The maximum Gasteiger partial charge on any atom is 0.262 e. The van der Waals surface area contributed by atoms with Crippen molar-refractivity contribution >= 4 is 29.0 Å². The first-order valence-electron chi connectivity index (χ1n) is 8.41. The molecule has 0 spiro atoms. The average Bonchev–Trinajstić information content (AvgIpc) is 2.70. The summed E-state index contributed by atoms with van der Waals surface area (Å²) in [6.07, 6.45) is 0. The fraction of sp³-hybridized carbons (Fsp3) is 0.0909. The normalized spacial score (nSPS) is 10.3. The smallest absolute Gasteiger partial charge is 0.262 e. The van der Waals surface area contributed by atoms with Gasteiger partial charge in [-0.1, -0.05) is 48.0 Å². The highest BCUT2D eigenvalue weighted by Gasteiger charge is 2.10. The van der Waals surface area contributed by atoms with Gasteiger partial charge in [0.25, 0.3) is 5.91 Å². The number of benzene rings is 3. The van der Waals surface area contributed by atoms with Crippen molar-refractivity contribution in [2.45, 2.75) is 6.92 Å². The molecular formula is C22H18ClNO3. The summed E-state index contributed by atoms with van der Waals surface area (Å²) in [4.78, 5) is 24.4. The van der Waals surface area contributed by atoms with Crippen molar-refractivity contribution in [3.8, 4) is 5.75 Å². The lowest BCUT2D eigenvalue weighted by molar-refractivity contribution is -0.118. The van der Waals surface area contributed by atoms with Gasteiger partial charge < -0.3 is 10.1 Å². The highest BCUT2D eigenvalue weighted by Crippen LogP contribution is 2.20. The lowest BCUT2D eigenvalue weighted by Crippen LogP contribution is -2.20. The zero-order chi connectivity index (χ0) is 19.2. The van der Waals surface area contributed by atoms with Gasteiger partial charge >= 0.3 is 0 Å². The fourth-order valence-electron chi connectivity index (χ4n) is 2.52. The largest absolute Gasteiger partial charge is 0.484 e. The third-order valence-corrected chi connectivity index (χ3v) is 4.23. The van der Waals surface area contributed by atoms with Crippen LogP contribution >= 0.6 is 11.6 Å². The molecule has 4 nitrogen and oxygen atoms in total. The molecule has 0 fully saturated rings. The number of rotatable bonds is 6. The molecule has 3 aromatic carbocycles. The van der Waals surface area contributed by atoms with Gasteiger partial charge in [-0.05, 0) is 48.9 Å². The molecule has 0 aliphatic heterocycles. The molecule has 0 radical (unpaired) electrons. The van der Waals surface area contributed by atoms with E-state index in [4.69, 9.17) is 16.3 Å². The monoisotopic (exact) mass is 379 g/mol. The molecular weight excluding hydrogens is 362 g/mol. The van der Waals surface area contributed by atoms with Crippen LogP contribution in [-0.4, -0.2) is 18.3 Å². The van der Waals surface area contributed by atoms with Crippen LogP contribution in [0, 0.1) is 6.92 Å². The second-order valence-corrected chi connectivity index (χ2v) is 6.45. The number of hydrogen-bond acceptors (Lipinski definition) is 3. The number of halogens is 1. The Balaban J connectivity index is 1.58. The SMILES string of the molecule is Cc1ccc(Cl)cc1NC(=O)COc1ccc(C(=O)c2ccccc2)cc1. The van der Waals surface area contributed by atoms with Gasteiger partial charge in [-0.3, -0.25) is 9.59 Å². The van der Waals surface area contributed by atoms with Crippen LogP contribution in [0.4, 0.5) is 5.69 Å². The average molecular weight is 380 g/mol. The molecule has 0 saturated heterocycles. The van der Waals surface area contributed by atoms with Crippen molar-refractivity contribution in [2.24, 2.45) is 0 Å². The summed E-state index contributed by atoms with van der Waals surface area (Å²) in [6.45, 7) is 1.74. The molecule has 0 unspecified atom stereocenters. The summed E-state index contributed by atoms with van der Waals surface area (Å²) in [5, 5.41) is 3.32. The van der Waals surface area contributed by atoms with E-state index in [1.54, 1.807) is 48.5 Å². The Morgan fingerprint density at radius 1 is 0.926 bits per heavy atom. The Hall–Kier alpha value is -3.11. The van der Waals surface area contributed by atoms with Crippen LogP contribution in [0.1, 0.15) is 21.5 Å². The minimum absolute atomic E-state index is 0.0590. The standard InChI is InChI=1S/C22H18ClNO3/c1-15-7-10-18(23)13-20(15)24-21(25)14-27-19-11-8-17(9-12-19)22(26)16-5-3-2-4-6-16/h2-13H,14H2,1H3,(H,24,25). The van der Waals surface area contributed by atoms with Crippen LogP contribution in [0.3, 0.4) is 0 Å². The number of nitrogens with one attached hydrogen (secondary N) is 1. The van der Waals surface area contributed by atoms with E-state index in [1.807, 2.05) is 31.2 Å². The first-order valence-corrected chi connectivity index (χ1v) is 8.79. The van der Waals surface area contributed by atoms with Gasteiger partial charge in [0.15, 0.2) is 12.4 Å². The Labute approximate surface area is 162 Å². The van der Waals surface area contributed by atoms with Gasteiger partial charge in [-0.15, -0.1) is 0 Å². The molecule has 1 amide bonds. The number of ether oxygens (including phenoxy) is 1. The van der Waals surface area contributed by atoms with Crippen molar-refractivity contribution < 1.29 is 14.3 Å². The summed E-state index contributed by atoms with van der Waals surface area (Å²) in [5.41, 5.74) is 2.76. The molecule has 1 N–H and O–H groups in total. The topological polar surface area (TPSA) is 55.4 Å². The number of carbonyl (C=O) groups is 2. The van der Waals surface area contributed by atoms with E-state index in [1.165, 1.54) is 0 Å². The quantitative estimate of drug-likeness (QED) is 0.620. The number of amides is 1. The van der Waals surface area contributed by atoms with Crippen molar-refractivity contribution in [1.82, 2.24) is 0 Å². The van der Waals surface area contributed by atoms with Crippen LogP contribution in [0.25, 0.3) is 0 Å². The number of ketones is 1. The highest BCUT2D eigenvalue weighted by atomic mass is 35.5. The number of hydrogen-bond donors (Lipinski definition) is 1. The van der Waals surface area contributed by atoms with Gasteiger partial charge in [-0.25, -0.2) is 0 Å². The lowest BCUT2D eigenvalue weighted by atomic mass is 10.0.